The molecule has 0 aliphatic carbocycles. The van der Waals surface area contributed by atoms with Crippen LogP contribution in [0.3, 0.4) is 0 Å². The molecule has 0 radical (unpaired) electrons. The molecule has 2 N–H and O–H groups in total. The van der Waals surface area contributed by atoms with Crippen LogP contribution < -0.4 is 10.1 Å². The van der Waals surface area contributed by atoms with E-state index in [-0.39, 0.29) is 17.6 Å². The number of aromatic nitrogens is 1. The van der Waals surface area contributed by atoms with Gasteiger partial charge in [-0.25, -0.2) is 0 Å². The summed E-state index contributed by atoms with van der Waals surface area (Å²) in [5.41, 5.74) is -0.193. The number of ether oxygens (including phenoxy) is 1. The number of aliphatic hydroxyl groups is 1. The number of terminal acetylenes is 1. The molecule has 1 amide bonds. The molecular formula is C34H38N2O4SSi. The number of nitrogens with one attached hydrogen (secondary N) is 1. The Bertz CT molecular complexity index is 1510. The van der Waals surface area contributed by atoms with E-state index >= 15 is 0 Å². The summed E-state index contributed by atoms with van der Waals surface area (Å²) in [5, 5.41) is 15.0. The van der Waals surface area contributed by atoms with E-state index in [1.54, 1.807) is 12.3 Å². The van der Waals surface area contributed by atoms with E-state index in [4.69, 9.17) is 15.6 Å². The average Bonchev–Trinajstić information content (AvgIpc) is 3.00. The van der Waals surface area contributed by atoms with E-state index in [1.165, 1.54) is 11.8 Å². The van der Waals surface area contributed by atoms with Crippen molar-refractivity contribution in [1.82, 2.24) is 10.3 Å². The number of rotatable bonds is 11. The van der Waals surface area contributed by atoms with Gasteiger partial charge in [0, 0.05) is 17.1 Å². The lowest BCUT2D eigenvalue weighted by Gasteiger charge is -2.50. The molecule has 0 saturated heterocycles. The summed E-state index contributed by atoms with van der Waals surface area (Å²) in [7, 11) is -1.18. The maximum atomic E-state index is 14.0. The first-order valence-corrected chi connectivity index (χ1v) is 16.4. The average molecular weight is 599 g/mol. The first kappa shape index (κ1) is 31.3. The molecule has 4 aromatic rings. The Morgan fingerprint density at radius 2 is 1.64 bits per heavy atom. The topological polar surface area (TPSA) is 80.7 Å². The van der Waals surface area contributed by atoms with Gasteiger partial charge in [0.25, 0.3) is 5.91 Å². The number of amides is 1. The summed E-state index contributed by atoms with van der Waals surface area (Å²) in [6.07, 6.45) is 9.01. The largest absolute Gasteiger partial charge is 0.470 e. The number of pyridine rings is 1. The van der Waals surface area contributed by atoms with Crippen molar-refractivity contribution in [3.63, 3.8) is 0 Å². The summed E-state index contributed by atoms with van der Waals surface area (Å²) < 4.78 is 13.2. The molecule has 0 fully saturated rings. The van der Waals surface area contributed by atoms with Crippen molar-refractivity contribution in [1.29, 1.82) is 0 Å². The molecule has 6 nitrogen and oxygen atoms in total. The second kappa shape index (κ2) is 13.1. The maximum Gasteiger partial charge on any atom is 0.272 e. The number of fused-ring (bicyclic) bond motifs is 1. The second-order valence-electron chi connectivity index (χ2n) is 11.7. The summed E-state index contributed by atoms with van der Waals surface area (Å²) in [6.45, 7) is 7.91. The summed E-state index contributed by atoms with van der Waals surface area (Å²) in [5.74, 6) is 2.72. The van der Waals surface area contributed by atoms with Gasteiger partial charge in [-0.3, -0.25) is 9.78 Å². The summed E-state index contributed by atoms with van der Waals surface area (Å²) in [6, 6.07) is 26.9. The zero-order valence-electron chi connectivity index (χ0n) is 24.8. The fraction of sp³-hybridized carbons (Fsp3) is 0.294. The van der Waals surface area contributed by atoms with Gasteiger partial charge in [0.2, 0.25) is 5.44 Å². The van der Waals surface area contributed by atoms with Gasteiger partial charge in [0.1, 0.15) is 11.4 Å². The molecule has 1 aromatic heterocycles. The Morgan fingerprint density at radius 3 is 2.17 bits per heavy atom. The zero-order valence-corrected chi connectivity index (χ0v) is 27.0. The third-order valence-electron chi connectivity index (χ3n) is 7.07. The third-order valence-corrected chi connectivity index (χ3v) is 9.25. The number of hydrogen-bond donors (Lipinski definition) is 2. The monoisotopic (exact) mass is 598 g/mol. The maximum absolute atomic E-state index is 14.0. The van der Waals surface area contributed by atoms with Crippen LogP contribution in [0.1, 0.15) is 44.4 Å². The first-order chi connectivity index (χ1) is 20.0. The molecule has 1 heterocycles. The number of carbonyl (C=O) groups is 1. The van der Waals surface area contributed by atoms with Crippen LogP contribution in [-0.4, -0.2) is 49.6 Å². The molecule has 218 valence electrons. The Morgan fingerprint density at radius 1 is 1.02 bits per heavy atom. The minimum Gasteiger partial charge on any atom is -0.470 e. The van der Waals surface area contributed by atoms with Crippen molar-refractivity contribution in [3.05, 3.63) is 108 Å². The number of aliphatic hydroxyl groups excluding tert-OH is 1. The van der Waals surface area contributed by atoms with Crippen LogP contribution in [0.15, 0.2) is 91.1 Å². The highest BCUT2D eigenvalue weighted by Gasteiger charge is 2.53. The van der Waals surface area contributed by atoms with Crippen LogP contribution in [0.4, 0.5) is 0 Å². The van der Waals surface area contributed by atoms with Crippen LogP contribution in [0.25, 0.3) is 10.9 Å². The molecule has 0 bridgehead atoms. The first-order valence-electron chi connectivity index (χ1n) is 13.8. The van der Waals surface area contributed by atoms with Crippen molar-refractivity contribution in [3.8, 4) is 18.1 Å². The number of thioether (sulfide) groups is 1. The fourth-order valence-electron chi connectivity index (χ4n) is 4.96. The molecule has 42 heavy (non-hydrogen) atoms. The molecular weight excluding hydrogens is 561 g/mol. The van der Waals surface area contributed by atoms with Crippen molar-refractivity contribution in [2.24, 2.45) is 0 Å². The third kappa shape index (κ3) is 6.71. The molecule has 8 heteroatoms. The number of benzene rings is 3. The van der Waals surface area contributed by atoms with Crippen LogP contribution in [0, 0.1) is 12.3 Å². The van der Waals surface area contributed by atoms with Crippen LogP contribution >= 0.6 is 11.8 Å². The fourth-order valence-corrected chi connectivity index (χ4v) is 6.75. The SMILES string of the molecule is C#Cc1cnc2ccc(OC(SC)C(=O)NC(C)(CO)C(O[SiH2]C(C)(C)C)(c3ccccc3)c3ccccc3)cc2c1. The highest BCUT2D eigenvalue weighted by atomic mass is 32.2. The van der Waals surface area contributed by atoms with E-state index in [1.807, 2.05) is 92.0 Å². The van der Waals surface area contributed by atoms with E-state index < -0.39 is 26.3 Å². The van der Waals surface area contributed by atoms with Gasteiger partial charge in [-0.2, -0.15) is 0 Å². The van der Waals surface area contributed by atoms with E-state index in [2.05, 4.69) is 37.0 Å². The van der Waals surface area contributed by atoms with Crippen molar-refractivity contribution < 1.29 is 19.1 Å². The number of carbonyl (C=O) groups excluding carboxylic acids is 1. The lowest BCUT2D eigenvalue weighted by molar-refractivity contribution is -0.131. The molecule has 0 aliphatic rings. The number of hydrogen-bond acceptors (Lipinski definition) is 6. The smallest absolute Gasteiger partial charge is 0.272 e. The van der Waals surface area contributed by atoms with Gasteiger partial charge in [-0.15, -0.1) is 18.2 Å². The quantitative estimate of drug-likeness (QED) is 0.137. The van der Waals surface area contributed by atoms with Gasteiger partial charge < -0.3 is 19.6 Å². The van der Waals surface area contributed by atoms with Gasteiger partial charge in [0.05, 0.1) is 17.7 Å². The highest BCUT2D eigenvalue weighted by Crippen LogP contribution is 2.44. The van der Waals surface area contributed by atoms with Crippen molar-refractivity contribution in [2.45, 2.75) is 49.3 Å². The molecule has 0 saturated carbocycles. The van der Waals surface area contributed by atoms with Gasteiger partial charge >= 0.3 is 0 Å². The Kier molecular flexibility index (Phi) is 9.80. The summed E-state index contributed by atoms with van der Waals surface area (Å²) >= 11 is 1.26. The van der Waals surface area contributed by atoms with Gasteiger partial charge in [0.15, 0.2) is 9.76 Å². The zero-order chi connectivity index (χ0) is 30.4. The normalized spacial score (nSPS) is 14.3. The van der Waals surface area contributed by atoms with Crippen molar-refractivity contribution >= 4 is 38.3 Å². The Labute approximate surface area is 255 Å². The Balaban J connectivity index is 1.74. The minimum atomic E-state index is -1.25. The van der Waals surface area contributed by atoms with E-state index in [0.717, 1.165) is 22.0 Å². The predicted molar refractivity (Wildman–Crippen MR) is 174 cm³/mol. The molecule has 0 aliphatic heterocycles. The summed E-state index contributed by atoms with van der Waals surface area (Å²) in [4.78, 5) is 18.4. The standard InChI is InChI=1S/C34H38N2O4SSi/c1-7-24-20-25-21-28(18-19-29(25)35-22-24)39-31(41-6)30(38)36-33(5,23-37)34(40-42-32(2,3)4,26-14-10-8-11-15-26)27-16-12-9-13-17-27/h1,8-22,31,37H,23,42H2,2-6H3,(H,36,38). The predicted octanol–water partition coefficient (Wildman–Crippen LogP) is 5.41. The van der Waals surface area contributed by atoms with Crippen LogP contribution in [-0.2, 0) is 14.8 Å². The number of nitrogens with zero attached hydrogens (tertiary/aromatic N) is 1. The van der Waals surface area contributed by atoms with Gasteiger partial charge in [-0.1, -0.05) is 87.4 Å². The molecule has 0 spiro atoms. The van der Waals surface area contributed by atoms with Crippen LogP contribution in [0.2, 0.25) is 5.04 Å². The molecule has 2 unspecified atom stereocenters. The van der Waals surface area contributed by atoms with E-state index in [0.29, 0.717) is 11.3 Å². The van der Waals surface area contributed by atoms with E-state index in [9.17, 15) is 9.90 Å². The molecule has 2 atom stereocenters. The highest BCUT2D eigenvalue weighted by molar-refractivity contribution is 7.99. The van der Waals surface area contributed by atoms with Gasteiger partial charge in [-0.05, 0) is 53.6 Å². The Hall–Kier alpha value is -3.61. The lowest BCUT2D eigenvalue weighted by atomic mass is 9.71. The molecule has 3 aromatic carbocycles. The second-order valence-corrected chi connectivity index (χ2v) is 15.2. The lowest BCUT2D eigenvalue weighted by Crippen LogP contribution is -2.66. The van der Waals surface area contributed by atoms with Crippen LogP contribution in [0.5, 0.6) is 5.75 Å². The van der Waals surface area contributed by atoms with Crippen molar-refractivity contribution in [2.75, 3.05) is 12.9 Å². The minimum absolute atomic E-state index is 0.0513. The molecule has 4 rings (SSSR count).